The van der Waals surface area contributed by atoms with Crippen LogP contribution in [0.4, 0.5) is 5.69 Å². The van der Waals surface area contributed by atoms with Crippen molar-refractivity contribution >= 4 is 47.1 Å². The number of hydrogen-bond acceptors (Lipinski definition) is 7. The van der Waals surface area contributed by atoms with Gasteiger partial charge in [-0.05, 0) is 72.3 Å². The van der Waals surface area contributed by atoms with Crippen molar-refractivity contribution in [3.63, 3.8) is 0 Å². The highest BCUT2D eigenvalue weighted by atomic mass is 35.5. The third-order valence-electron chi connectivity index (χ3n) is 4.85. The van der Waals surface area contributed by atoms with Crippen molar-refractivity contribution in [3.8, 4) is 11.5 Å². The van der Waals surface area contributed by atoms with Crippen LogP contribution in [0, 0.1) is 0 Å². The first-order valence-electron chi connectivity index (χ1n) is 10.4. The van der Waals surface area contributed by atoms with Crippen molar-refractivity contribution in [1.82, 2.24) is 0 Å². The highest BCUT2D eigenvalue weighted by Gasteiger charge is 2.24. The molecule has 1 aliphatic rings. The number of carbonyl (C=O) groups excluding carboxylic acids is 3. The normalized spacial score (nSPS) is 13.7. The van der Waals surface area contributed by atoms with E-state index in [0.29, 0.717) is 33.1 Å². The predicted octanol–water partition coefficient (Wildman–Crippen LogP) is 4.87. The summed E-state index contributed by atoms with van der Waals surface area (Å²) >= 11 is 5.85. The number of halogens is 1. The van der Waals surface area contributed by atoms with Crippen LogP contribution in [0.25, 0.3) is 6.08 Å². The summed E-state index contributed by atoms with van der Waals surface area (Å²) in [6.07, 6.45) is 1.54. The van der Waals surface area contributed by atoms with Gasteiger partial charge in [-0.15, -0.1) is 0 Å². The number of esters is 2. The van der Waals surface area contributed by atoms with Crippen molar-refractivity contribution in [2.24, 2.45) is 4.99 Å². The number of carbonyl (C=O) groups is 3. The quantitative estimate of drug-likeness (QED) is 0.300. The maximum atomic E-state index is 12.4. The zero-order valence-electron chi connectivity index (χ0n) is 18.7. The molecule has 0 atom stereocenters. The summed E-state index contributed by atoms with van der Waals surface area (Å²) in [7, 11) is 1.44. The molecule has 3 aromatic carbocycles. The monoisotopic (exact) mass is 490 g/mol. The Bertz CT molecular complexity index is 1360. The third-order valence-corrected chi connectivity index (χ3v) is 5.10. The van der Waals surface area contributed by atoms with Crippen molar-refractivity contribution < 1.29 is 28.6 Å². The first kappa shape index (κ1) is 23.7. The topological polar surface area (TPSA) is 103 Å². The van der Waals surface area contributed by atoms with Gasteiger partial charge in [0.05, 0.1) is 12.7 Å². The lowest BCUT2D eigenvalue weighted by atomic mass is 10.1. The lowest BCUT2D eigenvalue weighted by molar-refractivity contribution is -0.129. The van der Waals surface area contributed by atoms with E-state index in [9.17, 15) is 14.4 Å². The molecule has 0 unspecified atom stereocenters. The van der Waals surface area contributed by atoms with E-state index in [1.54, 1.807) is 66.7 Å². The smallest absolute Gasteiger partial charge is 0.363 e. The Morgan fingerprint density at radius 2 is 1.71 bits per heavy atom. The summed E-state index contributed by atoms with van der Waals surface area (Å²) in [5.74, 6) is -0.699. The van der Waals surface area contributed by atoms with Gasteiger partial charge >= 0.3 is 11.9 Å². The van der Waals surface area contributed by atoms with E-state index in [0.717, 1.165) is 0 Å². The summed E-state index contributed by atoms with van der Waals surface area (Å²) in [6.45, 7) is 1.42. The van der Waals surface area contributed by atoms with Gasteiger partial charge in [-0.25, -0.2) is 14.6 Å². The van der Waals surface area contributed by atoms with Crippen molar-refractivity contribution in [1.29, 1.82) is 0 Å². The number of cyclic esters (lactones) is 1. The minimum Gasteiger partial charge on any atom is -0.493 e. The minimum absolute atomic E-state index is 0.0962. The molecule has 0 fully saturated rings. The second kappa shape index (κ2) is 10.2. The number of aliphatic imine (C=N–C) groups is 1. The van der Waals surface area contributed by atoms with E-state index in [2.05, 4.69) is 10.3 Å². The van der Waals surface area contributed by atoms with Gasteiger partial charge in [-0.2, -0.15) is 0 Å². The Hall–Kier alpha value is -4.43. The molecule has 1 aliphatic heterocycles. The lowest BCUT2D eigenvalue weighted by Crippen LogP contribution is -2.09. The average molecular weight is 491 g/mol. The van der Waals surface area contributed by atoms with Gasteiger partial charge in [-0.1, -0.05) is 17.7 Å². The fourth-order valence-electron chi connectivity index (χ4n) is 3.19. The fraction of sp³-hybridized carbons (Fsp3) is 0.0769. The number of rotatable bonds is 6. The van der Waals surface area contributed by atoms with Gasteiger partial charge in [0.2, 0.25) is 11.8 Å². The Balaban J connectivity index is 1.53. The van der Waals surface area contributed by atoms with Crippen molar-refractivity contribution in [3.05, 3.63) is 94.1 Å². The maximum absolute atomic E-state index is 12.4. The van der Waals surface area contributed by atoms with Crippen molar-refractivity contribution in [2.45, 2.75) is 6.92 Å². The first-order valence-corrected chi connectivity index (χ1v) is 10.8. The van der Waals surface area contributed by atoms with Crippen LogP contribution in [0.2, 0.25) is 5.02 Å². The highest BCUT2D eigenvalue weighted by molar-refractivity contribution is 6.30. The Morgan fingerprint density at radius 1 is 1.00 bits per heavy atom. The Morgan fingerprint density at radius 3 is 2.37 bits per heavy atom. The van der Waals surface area contributed by atoms with Crippen LogP contribution in [-0.4, -0.2) is 30.9 Å². The third kappa shape index (κ3) is 5.74. The van der Waals surface area contributed by atoms with Crippen LogP contribution < -0.4 is 14.8 Å². The summed E-state index contributed by atoms with van der Waals surface area (Å²) in [6, 6.07) is 17.9. The van der Waals surface area contributed by atoms with Gasteiger partial charge in [0.15, 0.2) is 17.2 Å². The highest BCUT2D eigenvalue weighted by Crippen LogP contribution is 2.30. The predicted molar refractivity (Wildman–Crippen MR) is 131 cm³/mol. The van der Waals surface area contributed by atoms with E-state index in [1.807, 2.05) is 0 Å². The van der Waals surface area contributed by atoms with E-state index in [1.165, 1.54) is 20.1 Å². The number of hydrogen-bond donors (Lipinski definition) is 1. The summed E-state index contributed by atoms with van der Waals surface area (Å²) < 4.78 is 16.1. The van der Waals surface area contributed by atoms with Gasteiger partial charge in [0.1, 0.15) is 0 Å². The molecule has 0 spiro atoms. The van der Waals surface area contributed by atoms with Crippen LogP contribution in [0.1, 0.15) is 28.4 Å². The minimum atomic E-state index is -0.608. The molecule has 1 amide bonds. The van der Waals surface area contributed by atoms with Gasteiger partial charge in [0.25, 0.3) is 0 Å². The van der Waals surface area contributed by atoms with E-state index >= 15 is 0 Å². The molecule has 9 heteroatoms. The molecule has 3 aromatic rings. The SMILES string of the molecule is COc1cc(/C=C2\N=C(c3ccc(NC(C)=O)cc3)OC2=O)ccc1OC(=O)c1ccc(Cl)cc1. The van der Waals surface area contributed by atoms with Crippen LogP contribution in [0.5, 0.6) is 11.5 Å². The zero-order valence-corrected chi connectivity index (χ0v) is 19.5. The number of nitrogens with one attached hydrogen (secondary N) is 1. The number of benzene rings is 3. The second-order valence-corrected chi connectivity index (χ2v) is 7.84. The molecule has 0 radical (unpaired) electrons. The van der Waals surface area contributed by atoms with E-state index in [-0.39, 0.29) is 23.3 Å². The van der Waals surface area contributed by atoms with Crippen LogP contribution >= 0.6 is 11.6 Å². The summed E-state index contributed by atoms with van der Waals surface area (Å²) in [4.78, 5) is 40.2. The van der Waals surface area contributed by atoms with Crippen LogP contribution in [0.3, 0.4) is 0 Å². The zero-order chi connectivity index (χ0) is 24.9. The largest absolute Gasteiger partial charge is 0.493 e. The molecule has 1 N–H and O–H groups in total. The standard InChI is InChI=1S/C26H19ClN2O6/c1-15(30)28-20-10-6-17(7-11-20)24-29-21(26(32)35-24)13-16-3-12-22(23(14-16)33-2)34-25(31)18-4-8-19(27)9-5-18/h3-14H,1-2H3,(H,28,30)/b21-13-. The molecule has 0 bridgehead atoms. The number of ether oxygens (including phenoxy) is 3. The lowest BCUT2D eigenvalue weighted by Gasteiger charge is -2.10. The second-order valence-electron chi connectivity index (χ2n) is 7.40. The van der Waals surface area contributed by atoms with E-state index in [4.69, 9.17) is 25.8 Å². The average Bonchev–Trinajstić information content (AvgIpc) is 3.20. The molecule has 0 aliphatic carbocycles. The molecule has 35 heavy (non-hydrogen) atoms. The van der Waals surface area contributed by atoms with E-state index < -0.39 is 11.9 Å². The fourth-order valence-corrected chi connectivity index (χ4v) is 3.32. The molecule has 0 saturated carbocycles. The molecular formula is C26H19ClN2O6. The molecule has 0 saturated heterocycles. The van der Waals surface area contributed by atoms with Gasteiger partial charge < -0.3 is 19.5 Å². The maximum Gasteiger partial charge on any atom is 0.363 e. The summed E-state index contributed by atoms with van der Waals surface area (Å²) in [5.41, 5.74) is 2.22. The molecule has 1 heterocycles. The number of nitrogens with zero attached hydrogens (tertiary/aromatic N) is 1. The Kier molecular flexibility index (Phi) is 6.93. The number of amides is 1. The molecule has 0 aromatic heterocycles. The van der Waals surface area contributed by atoms with Crippen LogP contribution in [0.15, 0.2) is 77.4 Å². The number of anilines is 1. The Labute approximate surface area is 205 Å². The number of methoxy groups -OCH3 is 1. The van der Waals surface area contributed by atoms with Crippen molar-refractivity contribution in [2.75, 3.05) is 12.4 Å². The summed E-state index contributed by atoms with van der Waals surface area (Å²) in [5, 5.41) is 3.17. The molecule has 8 nitrogen and oxygen atoms in total. The first-order chi connectivity index (χ1) is 16.8. The molecule has 176 valence electrons. The molecule has 4 rings (SSSR count). The van der Waals surface area contributed by atoms with Crippen LogP contribution in [-0.2, 0) is 14.3 Å². The molecular weight excluding hydrogens is 472 g/mol. The van der Waals surface area contributed by atoms with Gasteiger partial charge in [0, 0.05) is 23.2 Å². The van der Waals surface area contributed by atoms with Gasteiger partial charge in [-0.3, -0.25) is 4.79 Å².